The van der Waals surface area contributed by atoms with E-state index >= 15 is 0 Å². The van der Waals surface area contributed by atoms with E-state index in [1.807, 2.05) is 0 Å². The monoisotopic (exact) mass is 276 g/mol. The van der Waals surface area contributed by atoms with Crippen LogP contribution in [-0.2, 0) is 7.05 Å². The van der Waals surface area contributed by atoms with E-state index in [4.69, 9.17) is 4.42 Å². The highest BCUT2D eigenvalue weighted by Crippen LogP contribution is 2.15. The first kappa shape index (κ1) is 14.1. The van der Waals surface area contributed by atoms with Gasteiger partial charge in [-0.3, -0.25) is 9.59 Å². The lowest BCUT2D eigenvalue weighted by atomic mass is 10.2. The zero-order valence-electron chi connectivity index (χ0n) is 11.3. The first-order chi connectivity index (χ1) is 9.49. The predicted molar refractivity (Wildman–Crippen MR) is 72.4 cm³/mol. The molecule has 20 heavy (non-hydrogen) atoms. The molecular formula is C14H16N2O4. The molecule has 1 amide bonds. The lowest BCUT2D eigenvalue weighted by Crippen LogP contribution is -2.34. The molecule has 0 saturated carbocycles. The Balaban J connectivity index is 2.02. The Labute approximate surface area is 115 Å². The van der Waals surface area contributed by atoms with Gasteiger partial charge in [0.25, 0.3) is 11.5 Å². The quantitative estimate of drug-likeness (QED) is 0.863. The number of aryl methyl sites for hydroxylation is 2. The summed E-state index contributed by atoms with van der Waals surface area (Å²) in [6.07, 6.45) is 0.625. The second-order valence-corrected chi connectivity index (χ2v) is 4.51. The van der Waals surface area contributed by atoms with E-state index in [9.17, 15) is 14.7 Å². The SMILES string of the molecule is Cc1ccc(C(O)CNC(=O)c2cccn(C)c2=O)o1. The zero-order valence-corrected chi connectivity index (χ0v) is 11.3. The van der Waals surface area contributed by atoms with Gasteiger partial charge < -0.3 is 19.4 Å². The zero-order chi connectivity index (χ0) is 14.7. The van der Waals surface area contributed by atoms with Crippen LogP contribution >= 0.6 is 0 Å². The average molecular weight is 276 g/mol. The third-order valence-corrected chi connectivity index (χ3v) is 2.91. The molecule has 0 spiro atoms. The molecular weight excluding hydrogens is 260 g/mol. The Morgan fingerprint density at radius 3 is 2.85 bits per heavy atom. The van der Waals surface area contributed by atoms with Crippen molar-refractivity contribution >= 4 is 5.91 Å². The van der Waals surface area contributed by atoms with E-state index < -0.39 is 12.0 Å². The van der Waals surface area contributed by atoms with Gasteiger partial charge in [-0.1, -0.05) is 0 Å². The number of aromatic nitrogens is 1. The summed E-state index contributed by atoms with van der Waals surface area (Å²) in [6, 6.07) is 6.44. The second kappa shape index (κ2) is 5.75. The molecule has 0 aromatic carbocycles. The summed E-state index contributed by atoms with van der Waals surface area (Å²) in [5.41, 5.74) is -0.342. The minimum atomic E-state index is -0.944. The molecule has 2 aromatic heterocycles. The van der Waals surface area contributed by atoms with Crippen LogP contribution in [-0.4, -0.2) is 22.1 Å². The lowest BCUT2D eigenvalue weighted by molar-refractivity contribution is 0.0898. The molecule has 6 heteroatoms. The lowest BCUT2D eigenvalue weighted by Gasteiger charge is -2.09. The van der Waals surface area contributed by atoms with Gasteiger partial charge in [-0.05, 0) is 31.2 Å². The second-order valence-electron chi connectivity index (χ2n) is 4.51. The standard InChI is InChI=1S/C14H16N2O4/c1-9-5-6-12(20-9)11(17)8-15-13(18)10-4-3-7-16(2)14(10)19/h3-7,11,17H,8H2,1-2H3,(H,15,18). The first-order valence-electron chi connectivity index (χ1n) is 6.17. The molecule has 2 N–H and O–H groups in total. The van der Waals surface area contributed by atoms with Crippen LogP contribution in [0.1, 0.15) is 28.0 Å². The molecule has 2 aromatic rings. The molecule has 6 nitrogen and oxygen atoms in total. The molecule has 0 saturated heterocycles. The fourth-order valence-corrected chi connectivity index (χ4v) is 1.79. The van der Waals surface area contributed by atoms with Crippen molar-refractivity contribution in [1.82, 2.24) is 9.88 Å². The first-order valence-corrected chi connectivity index (χ1v) is 6.17. The molecule has 1 unspecified atom stereocenters. The number of carbonyl (C=O) groups excluding carboxylic acids is 1. The van der Waals surface area contributed by atoms with Crippen molar-refractivity contribution in [2.24, 2.45) is 7.05 Å². The largest absolute Gasteiger partial charge is 0.464 e. The summed E-state index contributed by atoms with van der Waals surface area (Å²) in [5.74, 6) is 0.541. The van der Waals surface area contributed by atoms with E-state index in [0.29, 0.717) is 11.5 Å². The van der Waals surface area contributed by atoms with Gasteiger partial charge in [0.05, 0.1) is 6.54 Å². The molecule has 2 rings (SSSR count). The van der Waals surface area contributed by atoms with Gasteiger partial charge in [0.1, 0.15) is 23.2 Å². The van der Waals surface area contributed by atoms with E-state index in [1.165, 1.54) is 10.6 Å². The fourth-order valence-electron chi connectivity index (χ4n) is 1.79. The van der Waals surface area contributed by atoms with Gasteiger partial charge in [0.2, 0.25) is 0 Å². The van der Waals surface area contributed by atoms with Crippen molar-refractivity contribution < 1.29 is 14.3 Å². The maximum Gasteiger partial charge on any atom is 0.263 e. The minimum absolute atomic E-state index is 0.0240. The van der Waals surface area contributed by atoms with Crippen molar-refractivity contribution in [2.75, 3.05) is 6.54 Å². The van der Waals surface area contributed by atoms with Crippen LogP contribution in [0.5, 0.6) is 0 Å². The number of aliphatic hydroxyl groups excluding tert-OH is 1. The van der Waals surface area contributed by atoms with Crippen molar-refractivity contribution in [3.8, 4) is 0 Å². The number of aliphatic hydroxyl groups is 1. The Kier molecular flexibility index (Phi) is 4.05. The fraction of sp³-hybridized carbons (Fsp3) is 0.286. The number of pyridine rings is 1. The summed E-state index contributed by atoms with van der Waals surface area (Å²) in [5, 5.41) is 12.4. The molecule has 0 aliphatic carbocycles. The van der Waals surface area contributed by atoms with Crippen LogP contribution < -0.4 is 10.9 Å². The smallest absolute Gasteiger partial charge is 0.263 e. The number of carbonyl (C=O) groups is 1. The van der Waals surface area contributed by atoms with Crippen molar-refractivity contribution in [1.29, 1.82) is 0 Å². The Hall–Kier alpha value is -2.34. The maximum absolute atomic E-state index is 11.9. The van der Waals surface area contributed by atoms with Crippen LogP contribution in [0, 0.1) is 6.92 Å². The molecule has 106 valence electrons. The normalized spacial score (nSPS) is 12.2. The number of rotatable bonds is 4. The van der Waals surface area contributed by atoms with Gasteiger partial charge in [-0.15, -0.1) is 0 Å². The highest BCUT2D eigenvalue weighted by molar-refractivity contribution is 5.93. The van der Waals surface area contributed by atoms with E-state index in [-0.39, 0.29) is 17.7 Å². The summed E-state index contributed by atoms with van der Waals surface area (Å²) in [6.45, 7) is 1.74. The van der Waals surface area contributed by atoms with Crippen LogP contribution in [0.3, 0.4) is 0 Å². The molecule has 0 bridgehead atoms. The summed E-state index contributed by atoms with van der Waals surface area (Å²) < 4.78 is 6.58. The van der Waals surface area contributed by atoms with Gasteiger partial charge in [-0.25, -0.2) is 0 Å². The summed E-state index contributed by atoms with van der Waals surface area (Å²) >= 11 is 0. The van der Waals surface area contributed by atoms with Crippen LogP contribution in [0.15, 0.2) is 39.7 Å². The third-order valence-electron chi connectivity index (χ3n) is 2.91. The third kappa shape index (κ3) is 2.97. The molecule has 0 aliphatic rings. The molecule has 0 radical (unpaired) electrons. The maximum atomic E-state index is 11.9. The average Bonchev–Trinajstić information content (AvgIpc) is 2.85. The van der Waals surface area contributed by atoms with Crippen molar-refractivity contribution in [2.45, 2.75) is 13.0 Å². The van der Waals surface area contributed by atoms with Crippen LogP contribution in [0.4, 0.5) is 0 Å². The van der Waals surface area contributed by atoms with Gasteiger partial charge in [0, 0.05) is 13.2 Å². The number of hydrogen-bond acceptors (Lipinski definition) is 4. The summed E-state index contributed by atoms with van der Waals surface area (Å²) in [4.78, 5) is 23.6. The Morgan fingerprint density at radius 1 is 1.45 bits per heavy atom. The Bertz CT molecular complexity index is 672. The Morgan fingerprint density at radius 2 is 2.20 bits per heavy atom. The van der Waals surface area contributed by atoms with E-state index in [2.05, 4.69) is 5.32 Å². The van der Waals surface area contributed by atoms with Crippen LogP contribution in [0.25, 0.3) is 0 Å². The molecule has 2 heterocycles. The number of amides is 1. The van der Waals surface area contributed by atoms with E-state index in [0.717, 1.165) is 0 Å². The molecule has 0 fully saturated rings. The highest BCUT2D eigenvalue weighted by Gasteiger charge is 2.15. The number of nitrogens with zero attached hydrogens (tertiary/aromatic N) is 1. The van der Waals surface area contributed by atoms with Crippen molar-refractivity contribution in [3.63, 3.8) is 0 Å². The molecule has 0 aliphatic heterocycles. The van der Waals surface area contributed by atoms with Gasteiger partial charge in [-0.2, -0.15) is 0 Å². The number of furan rings is 1. The topological polar surface area (TPSA) is 84.5 Å². The number of hydrogen-bond donors (Lipinski definition) is 2. The van der Waals surface area contributed by atoms with Crippen molar-refractivity contribution in [3.05, 3.63) is 57.9 Å². The number of nitrogens with one attached hydrogen (secondary N) is 1. The highest BCUT2D eigenvalue weighted by atomic mass is 16.4. The predicted octanol–water partition coefficient (Wildman–Crippen LogP) is 0.750. The summed E-state index contributed by atoms with van der Waals surface area (Å²) in [7, 11) is 1.57. The minimum Gasteiger partial charge on any atom is -0.464 e. The van der Waals surface area contributed by atoms with Gasteiger partial charge >= 0.3 is 0 Å². The van der Waals surface area contributed by atoms with Gasteiger partial charge in [0.15, 0.2) is 0 Å². The van der Waals surface area contributed by atoms with Crippen LogP contribution in [0.2, 0.25) is 0 Å². The molecule has 1 atom stereocenters. The van der Waals surface area contributed by atoms with E-state index in [1.54, 1.807) is 38.4 Å².